The molecule has 11 heavy (non-hydrogen) atoms. The van der Waals surface area contributed by atoms with Crippen LogP contribution in [0.25, 0.3) is 0 Å². The van der Waals surface area contributed by atoms with Gasteiger partial charge in [-0.15, -0.1) is 0 Å². The summed E-state index contributed by atoms with van der Waals surface area (Å²) in [6.45, 7) is 0. The Bertz CT molecular complexity index is 102. The molecule has 0 saturated heterocycles. The molecule has 1 fully saturated rings. The highest BCUT2D eigenvalue weighted by Crippen LogP contribution is 2.17. The molecule has 0 aromatic carbocycles. The first-order chi connectivity index (χ1) is 5.33. The molecule has 2 N–H and O–H groups in total. The Hall–Kier alpha value is -0.120. The minimum atomic E-state index is -0.780. The largest absolute Gasteiger partial charge is 0.356 e. The van der Waals surface area contributed by atoms with Crippen LogP contribution in [0.2, 0.25) is 0 Å². The van der Waals surface area contributed by atoms with Crippen LogP contribution in [-0.4, -0.2) is 24.7 Å². The van der Waals surface area contributed by atoms with Crippen molar-refractivity contribution in [2.24, 2.45) is 0 Å². The van der Waals surface area contributed by atoms with Crippen molar-refractivity contribution in [3.8, 4) is 0 Å². The third kappa shape index (κ3) is 3.18. The van der Waals surface area contributed by atoms with E-state index in [0.29, 0.717) is 6.04 Å². The highest BCUT2D eigenvalue weighted by atomic mass is 16.6. The standard InChI is InChI=1S/C8H17NO2/c1-11-8(10)9-7-5-3-2-4-6-7/h7-10H,2-6H2,1H3. The zero-order valence-electron chi connectivity index (χ0n) is 7.05. The number of nitrogens with one attached hydrogen (secondary N) is 1. The maximum Gasteiger partial charge on any atom is 0.213 e. The van der Waals surface area contributed by atoms with E-state index < -0.39 is 6.41 Å². The summed E-state index contributed by atoms with van der Waals surface area (Å²) in [5.74, 6) is 0. The third-order valence-corrected chi connectivity index (χ3v) is 2.21. The summed E-state index contributed by atoms with van der Waals surface area (Å²) in [6, 6.07) is 0.457. The van der Waals surface area contributed by atoms with Crippen molar-refractivity contribution < 1.29 is 9.84 Å². The molecule has 1 unspecified atom stereocenters. The van der Waals surface area contributed by atoms with Crippen LogP contribution in [0.3, 0.4) is 0 Å². The molecule has 0 spiro atoms. The van der Waals surface area contributed by atoms with Gasteiger partial charge in [-0.05, 0) is 12.8 Å². The molecule has 3 heteroatoms. The zero-order chi connectivity index (χ0) is 8.10. The Labute approximate surface area is 67.7 Å². The van der Waals surface area contributed by atoms with Gasteiger partial charge in [-0.1, -0.05) is 19.3 Å². The summed E-state index contributed by atoms with van der Waals surface area (Å²) in [6.07, 6.45) is 5.43. The highest BCUT2D eigenvalue weighted by Gasteiger charge is 2.15. The maximum absolute atomic E-state index is 9.08. The first-order valence-electron chi connectivity index (χ1n) is 4.30. The van der Waals surface area contributed by atoms with Crippen molar-refractivity contribution in [1.82, 2.24) is 5.32 Å². The van der Waals surface area contributed by atoms with Crippen molar-refractivity contribution in [2.75, 3.05) is 7.11 Å². The first kappa shape index (κ1) is 8.97. The average Bonchev–Trinajstić information content (AvgIpc) is 2.06. The van der Waals surface area contributed by atoms with Crippen molar-refractivity contribution in [3.63, 3.8) is 0 Å². The van der Waals surface area contributed by atoms with Gasteiger partial charge in [-0.25, -0.2) is 0 Å². The average molecular weight is 159 g/mol. The van der Waals surface area contributed by atoms with E-state index in [9.17, 15) is 0 Å². The molecule has 1 aliphatic carbocycles. The highest BCUT2D eigenvalue weighted by molar-refractivity contribution is 4.70. The van der Waals surface area contributed by atoms with Gasteiger partial charge < -0.3 is 9.84 Å². The van der Waals surface area contributed by atoms with Gasteiger partial charge in [0.2, 0.25) is 6.41 Å². The number of ether oxygens (including phenoxy) is 1. The van der Waals surface area contributed by atoms with Crippen molar-refractivity contribution in [3.05, 3.63) is 0 Å². The van der Waals surface area contributed by atoms with Crippen LogP contribution in [-0.2, 0) is 4.74 Å². The number of aliphatic hydroxyl groups excluding tert-OH is 1. The Morgan fingerprint density at radius 1 is 1.36 bits per heavy atom. The summed E-state index contributed by atoms with van der Waals surface area (Å²) < 4.78 is 4.70. The summed E-state index contributed by atoms with van der Waals surface area (Å²) in [5.41, 5.74) is 0. The van der Waals surface area contributed by atoms with Gasteiger partial charge in [0.05, 0.1) is 0 Å². The van der Waals surface area contributed by atoms with Crippen molar-refractivity contribution in [1.29, 1.82) is 0 Å². The van der Waals surface area contributed by atoms with Gasteiger partial charge in [-0.2, -0.15) is 0 Å². The van der Waals surface area contributed by atoms with E-state index >= 15 is 0 Å². The zero-order valence-corrected chi connectivity index (χ0v) is 7.05. The van der Waals surface area contributed by atoms with E-state index in [1.807, 2.05) is 0 Å². The Morgan fingerprint density at radius 2 is 2.00 bits per heavy atom. The molecule has 0 amide bonds. The van der Waals surface area contributed by atoms with Crippen LogP contribution < -0.4 is 5.32 Å². The predicted molar refractivity (Wildman–Crippen MR) is 43.0 cm³/mol. The van der Waals surface area contributed by atoms with E-state index in [0.717, 1.165) is 0 Å². The number of methoxy groups -OCH3 is 1. The van der Waals surface area contributed by atoms with Gasteiger partial charge in [0.15, 0.2) is 0 Å². The normalized spacial score (nSPS) is 23.5. The monoisotopic (exact) mass is 159 g/mol. The molecular formula is C8H17NO2. The molecule has 1 aliphatic rings. The van der Waals surface area contributed by atoms with E-state index in [1.165, 1.54) is 39.2 Å². The summed E-state index contributed by atoms with van der Waals surface area (Å²) in [5, 5.41) is 12.1. The number of hydrogen-bond donors (Lipinski definition) is 2. The molecule has 3 nitrogen and oxygen atoms in total. The summed E-state index contributed by atoms with van der Waals surface area (Å²) in [4.78, 5) is 0. The van der Waals surface area contributed by atoms with Crippen LogP contribution in [0.1, 0.15) is 32.1 Å². The van der Waals surface area contributed by atoms with Gasteiger partial charge >= 0.3 is 0 Å². The maximum atomic E-state index is 9.08. The molecule has 0 aromatic heterocycles. The lowest BCUT2D eigenvalue weighted by Gasteiger charge is -2.24. The lowest BCUT2D eigenvalue weighted by molar-refractivity contribution is -0.105. The smallest absolute Gasteiger partial charge is 0.213 e. The molecule has 0 aliphatic heterocycles. The van der Waals surface area contributed by atoms with E-state index in [2.05, 4.69) is 5.32 Å². The first-order valence-corrected chi connectivity index (χ1v) is 4.30. The van der Waals surface area contributed by atoms with Crippen LogP contribution >= 0.6 is 0 Å². The van der Waals surface area contributed by atoms with Gasteiger partial charge in [0, 0.05) is 13.2 Å². The summed E-state index contributed by atoms with van der Waals surface area (Å²) >= 11 is 0. The molecule has 0 radical (unpaired) electrons. The summed E-state index contributed by atoms with van der Waals surface area (Å²) in [7, 11) is 1.50. The fourth-order valence-electron chi connectivity index (χ4n) is 1.54. The van der Waals surface area contributed by atoms with Crippen LogP contribution in [0.4, 0.5) is 0 Å². The van der Waals surface area contributed by atoms with Crippen LogP contribution in [0.5, 0.6) is 0 Å². The molecule has 0 aromatic rings. The van der Waals surface area contributed by atoms with E-state index in [1.54, 1.807) is 0 Å². The third-order valence-electron chi connectivity index (χ3n) is 2.21. The van der Waals surface area contributed by atoms with Gasteiger partial charge in [-0.3, -0.25) is 5.32 Å². The second kappa shape index (κ2) is 4.70. The minimum Gasteiger partial charge on any atom is -0.356 e. The molecule has 0 heterocycles. The van der Waals surface area contributed by atoms with E-state index in [4.69, 9.17) is 9.84 Å². The molecule has 66 valence electrons. The van der Waals surface area contributed by atoms with Crippen LogP contribution in [0.15, 0.2) is 0 Å². The molecule has 1 rings (SSSR count). The molecule has 0 bridgehead atoms. The van der Waals surface area contributed by atoms with E-state index in [-0.39, 0.29) is 0 Å². The predicted octanol–water partition coefficient (Wildman–Crippen LogP) is 0.831. The number of hydrogen-bond acceptors (Lipinski definition) is 3. The number of aliphatic hydroxyl groups is 1. The Balaban J connectivity index is 2.13. The second-order valence-corrected chi connectivity index (χ2v) is 3.09. The Morgan fingerprint density at radius 3 is 2.55 bits per heavy atom. The van der Waals surface area contributed by atoms with Gasteiger partial charge in [0.1, 0.15) is 0 Å². The second-order valence-electron chi connectivity index (χ2n) is 3.09. The molecular weight excluding hydrogens is 142 g/mol. The van der Waals surface area contributed by atoms with Crippen molar-refractivity contribution in [2.45, 2.75) is 44.6 Å². The number of rotatable bonds is 3. The quantitative estimate of drug-likeness (QED) is 0.599. The fraction of sp³-hybridized carbons (Fsp3) is 1.00. The Kier molecular flexibility index (Phi) is 3.83. The van der Waals surface area contributed by atoms with Crippen LogP contribution in [0, 0.1) is 0 Å². The SMILES string of the molecule is COC(O)NC1CCCCC1. The topological polar surface area (TPSA) is 41.5 Å². The molecule has 1 saturated carbocycles. The fourth-order valence-corrected chi connectivity index (χ4v) is 1.54. The lowest BCUT2D eigenvalue weighted by atomic mass is 9.96. The lowest BCUT2D eigenvalue weighted by Crippen LogP contribution is -2.40. The van der Waals surface area contributed by atoms with Crippen molar-refractivity contribution >= 4 is 0 Å². The van der Waals surface area contributed by atoms with Gasteiger partial charge in [0.25, 0.3) is 0 Å². The molecule has 1 atom stereocenters. The minimum absolute atomic E-state index is 0.457.